The molecule has 25 heavy (non-hydrogen) atoms. The Morgan fingerprint density at radius 1 is 1.12 bits per heavy atom. The van der Waals surface area contributed by atoms with Crippen LogP contribution in [0.25, 0.3) is 0 Å². The van der Waals surface area contributed by atoms with Gasteiger partial charge in [0, 0.05) is 18.2 Å². The first-order valence-corrected chi connectivity index (χ1v) is 8.32. The lowest BCUT2D eigenvalue weighted by molar-refractivity contribution is -0.150. The third kappa shape index (κ3) is 3.36. The fourth-order valence-corrected chi connectivity index (χ4v) is 3.22. The summed E-state index contributed by atoms with van der Waals surface area (Å²) in [5.74, 6) is -1.02. The molecule has 5 nitrogen and oxygen atoms in total. The van der Waals surface area contributed by atoms with Crippen molar-refractivity contribution in [1.29, 1.82) is 0 Å². The van der Waals surface area contributed by atoms with E-state index in [2.05, 4.69) is 0 Å². The van der Waals surface area contributed by atoms with E-state index >= 15 is 0 Å². The number of carbonyl (C=O) groups excluding carboxylic acids is 2. The third-order valence-corrected chi connectivity index (χ3v) is 4.47. The lowest BCUT2D eigenvalue weighted by Gasteiger charge is -2.16. The van der Waals surface area contributed by atoms with Crippen LogP contribution in [0.3, 0.4) is 0 Å². The molecule has 0 aliphatic carbocycles. The lowest BCUT2D eigenvalue weighted by Crippen LogP contribution is -2.31. The van der Waals surface area contributed by atoms with Crippen molar-refractivity contribution >= 4 is 17.6 Å². The zero-order valence-corrected chi connectivity index (χ0v) is 14.3. The molecule has 0 aromatic heterocycles. The Labute approximate surface area is 147 Å². The van der Waals surface area contributed by atoms with Crippen LogP contribution in [0.15, 0.2) is 54.6 Å². The number of nitrogens with zero attached hydrogens (tertiary/aromatic N) is 1. The number of hydrogen-bond acceptors (Lipinski definition) is 4. The molecule has 0 bridgehead atoms. The van der Waals surface area contributed by atoms with Crippen molar-refractivity contribution in [3.05, 3.63) is 60.2 Å². The highest BCUT2D eigenvalue weighted by atomic mass is 16.5. The molecule has 2 aromatic carbocycles. The summed E-state index contributed by atoms with van der Waals surface area (Å²) in [4.78, 5) is 27.0. The number of anilines is 1. The van der Waals surface area contributed by atoms with Gasteiger partial charge in [0.15, 0.2) is 0 Å². The summed E-state index contributed by atoms with van der Waals surface area (Å²) in [7, 11) is 1.60. The van der Waals surface area contributed by atoms with E-state index in [1.165, 1.54) is 0 Å². The zero-order chi connectivity index (χ0) is 17.8. The molecule has 5 heteroatoms. The molecule has 3 rings (SSSR count). The van der Waals surface area contributed by atoms with E-state index in [4.69, 9.17) is 9.47 Å². The van der Waals surface area contributed by atoms with Crippen LogP contribution < -0.4 is 9.64 Å². The van der Waals surface area contributed by atoms with Crippen LogP contribution >= 0.6 is 0 Å². The fourth-order valence-electron chi connectivity index (χ4n) is 3.22. The smallest absolute Gasteiger partial charge is 0.319 e. The second-order valence-corrected chi connectivity index (χ2v) is 5.89. The van der Waals surface area contributed by atoms with Gasteiger partial charge in [0.05, 0.1) is 13.7 Å². The quantitative estimate of drug-likeness (QED) is 0.621. The first-order valence-electron chi connectivity index (χ1n) is 8.32. The van der Waals surface area contributed by atoms with Crippen LogP contribution in [0.5, 0.6) is 5.75 Å². The maximum absolute atomic E-state index is 12.9. The highest BCUT2D eigenvalue weighted by molar-refractivity contribution is 6.09. The molecule has 1 aliphatic heterocycles. The predicted octanol–water partition coefficient (Wildman–Crippen LogP) is 3.00. The molecule has 130 valence electrons. The number of ether oxygens (including phenoxy) is 2. The van der Waals surface area contributed by atoms with E-state index in [0.29, 0.717) is 6.54 Å². The number of esters is 1. The van der Waals surface area contributed by atoms with Crippen LogP contribution in [0.1, 0.15) is 18.4 Å². The van der Waals surface area contributed by atoms with Crippen LogP contribution in [0.4, 0.5) is 5.69 Å². The Bertz CT molecular complexity index is 742. The minimum atomic E-state index is -0.825. The highest BCUT2D eigenvalue weighted by Gasteiger charge is 2.47. The Balaban J connectivity index is 1.95. The first-order chi connectivity index (χ1) is 12.2. The molecule has 1 aliphatic rings. The molecule has 0 radical (unpaired) electrons. The average Bonchev–Trinajstić information content (AvgIpc) is 3.00. The maximum atomic E-state index is 12.9. The predicted molar refractivity (Wildman–Crippen MR) is 94.7 cm³/mol. The summed E-state index contributed by atoms with van der Waals surface area (Å²) < 4.78 is 10.4. The summed E-state index contributed by atoms with van der Waals surface area (Å²) >= 11 is 0. The van der Waals surface area contributed by atoms with Gasteiger partial charge in [-0.25, -0.2) is 0 Å². The fraction of sp³-hybridized carbons (Fsp3) is 0.300. The summed E-state index contributed by atoms with van der Waals surface area (Å²) in [6, 6.07) is 16.9. The average molecular weight is 339 g/mol. The number of para-hydroxylation sites is 1. The van der Waals surface area contributed by atoms with Crippen LogP contribution in [0, 0.1) is 5.92 Å². The molecule has 0 saturated carbocycles. The number of amides is 1. The van der Waals surface area contributed by atoms with Gasteiger partial charge in [0.2, 0.25) is 5.91 Å². The minimum Gasteiger partial charge on any atom is -0.497 e. The Morgan fingerprint density at radius 2 is 1.80 bits per heavy atom. The second kappa shape index (κ2) is 7.38. The normalized spacial score (nSPS) is 19.8. The van der Waals surface area contributed by atoms with Crippen LogP contribution in [-0.4, -0.2) is 32.1 Å². The van der Waals surface area contributed by atoms with E-state index in [1.807, 2.05) is 54.6 Å². The van der Waals surface area contributed by atoms with E-state index in [0.717, 1.165) is 17.0 Å². The van der Waals surface area contributed by atoms with E-state index in [9.17, 15) is 9.59 Å². The van der Waals surface area contributed by atoms with Crippen molar-refractivity contribution in [2.75, 3.05) is 25.2 Å². The summed E-state index contributed by atoms with van der Waals surface area (Å²) in [5, 5.41) is 0. The number of hydrogen-bond donors (Lipinski definition) is 0. The van der Waals surface area contributed by atoms with Gasteiger partial charge in [0.25, 0.3) is 0 Å². The first kappa shape index (κ1) is 17.0. The van der Waals surface area contributed by atoms with Gasteiger partial charge in [-0.1, -0.05) is 30.3 Å². The molecule has 1 fully saturated rings. The Kier molecular flexibility index (Phi) is 5.03. The summed E-state index contributed by atoms with van der Waals surface area (Å²) in [6.45, 7) is 2.44. The molecule has 1 amide bonds. The third-order valence-electron chi connectivity index (χ3n) is 4.47. The van der Waals surface area contributed by atoms with Gasteiger partial charge in [-0.2, -0.15) is 0 Å². The molecule has 2 atom stereocenters. The summed E-state index contributed by atoms with van der Waals surface area (Å²) in [6.07, 6.45) is 0. The van der Waals surface area contributed by atoms with E-state index in [-0.39, 0.29) is 18.4 Å². The minimum absolute atomic E-state index is 0.217. The molecule has 2 aromatic rings. The molecule has 0 unspecified atom stereocenters. The molecule has 1 saturated heterocycles. The standard InChI is InChI=1S/C20H21NO4/c1-3-25-20(23)18-17(14-9-11-16(24-2)12-10-14)13-21(19(18)22)15-7-5-4-6-8-15/h4-12,17-18H,3,13H2,1-2H3/t17-,18-/m1/s1. The van der Waals surface area contributed by atoms with Crippen molar-refractivity contribution in [2.45, 2.75) is 12.8 Å². The molecular formula is C20H21NO4. The van der Waals surface area contributed by atoms with Crippen molar-refractivity contribution in [1.82, 2.24) is 0 Å². The topological polar surface area (TPSA) is 55.8 Å². The van der Waals surface area contributed by atoms with Crippen LogP contribution in [0.2, 0.25) is 0 Å². The highest BCUT2D eigenvalue weighted by Crippen LogP contribution is 2.37. The summed E-state index contributed by atoms with van der Waals surface area (Å²) in [5.41, 5.74) is 1.71. The van der Waals surface area contributed by atoms with Gasteiger partial charge >= 0.3 is 5.97 Å². The Morgan fingerprint density at radius 3 is 2.40 bits per heavy atom. The molecule has 0 N–H and O–H groups in total. The van der Waals surface area contributed by atoms with Gasteiger partial charge in [-0.15, -0.1) is 0 Å². The van der Waals surface area contributed by atoms with Gasteiger partial charge < -0.3 is 14.4 Å². The van der Waals surface area contributed by atoms with Crippen molar-refractivity contribution in [3.8, 4) is 5.75 Å². The van der Waals surface area contributed by atoms with Crippen molar-refractivity contribution in [2.24, 2.45) is 5.92 Å². The van der Waals surface area contributed by atoms with Gasteiger partial charge in [-0.05, 0) is 36.8 Å². The van der Waals surface area contributed by atoms with Crippen molar-refractivity contribution < 1.29 is 19.1 Å². The molecule has 1 heterocycles. The lowest BCUT2D eigenvalue weighted by atomic mass is 9.88. The molecular weight excluding hydrogens is 318 g/mol. The van der Waals surface area contributed by atoms with Crippen LogP contribution in [-0.2, 0) is 14.3 Å². The maximum Gasteiger partial charge on any atom is 0.319 e. The number of rotatable bonds is 5. The molecule has 0 spiro atoms. The zero-order valence-electron chi connectivity index (χ0n) is 14.3. The monoisotopic (exact) mass is 339 g/mol. The number of methoxy groups -OCH3 is 1. The van der Waals surface area contributed by atoms with Gasteiger partial charge in [-0.3, -0.25) is 9.59 Å². The second-order valence-electron chi connectivity index (χ2n) is 5.89. The van der Waals surface area contributed by atoms with E-state index in [1.54, 1.807) is 18.9 Å². The largest absolute Gasteiger partial charge is 0.497 e. The number of benzene rings is 2. The Hall–Kier alpha value is -2.82. The van der Waals surface area contributed by atoms with Gasteiger partial charge in [0.1, 0.15) is 11.7 Å². The SMILES string of the molecule is CCOC(=O)[C@H]1C(=O)N(c2ccccc2)C[C@@H]1c1ccc(OC)cc1. The number of carbonyl (C=O) groups is 2. The van der Waals surface area contributed by atoms with E-state index < -0.39 is 11.9 Å². The van der Waals surface area contributed by atoms with Crippen molar-refractivity contribution in [3.63, 3.8) is 0 Å².